The maximum absolute atomic E-state index is 13.1. The largest absolute Gasteiger partial charge is 0.493 e. The fraction of sp³-hybridized carbons (Fsp3) is 0.476. The Labute approximate surface area is 166 Å². The molecule has 27 heavy (non-hydrogen) atoms. The van der Waals surface area contributed by atoms with Crippen LogP contribution in [0.3, 0.4) is 0 Å². The molecule has 5 nitrogen and oxygen atoms in total. The van der Waals surface area contributed by atoms with E-state index in [-0.39, 0.29) is 5.91 Å². The van der Waals surface area contributed by atoms with Crippen LogP contribution in [0, 0.1) is 0 Å². The Morgan fingerprint density at radius 1 is 1.19 bits per heavy atom. The SMILES string of the molecule is CCCC/C(=C\c1cc(OC)c(OC)c(OC)c1)C(=O)N1CCC=C(Cl)C1. The summed E-state index contributed by atoms with van der Waals surface area (Å²) in [5, 5.41) is 0.720. The molecule has 0 aromatic heterocycles. The van der Waals surface area contributed by atoms with Gasteiger partial charge in [-0.05, 0) is 43.0 Å². The predicted molar refractivity (Wildman–Crippen MR) is 109 cm³/mol. The van der Waals surface area contributed by atoms with E-state index in [1.165, 1.54) is 0 Å². The summed E-state index contributed by atoms with van der Waals surface area (Å²) in [5.41, 5.74) is 1.60. The highest BCUT2D eigenvalue weighted by molar-refractivity contribution is 6.30. The topological polar surface area (TPSA) is 48.0 Å². The van der Waals surface area contributed by atoms with Crippen LogP contribution in [0.15, 0.2) is 28.8 Å². The molecule has 1 aliphatic rings. The number of hydrogen-bond acceptors (Lipinski definition) is 4. The zero-order chi connectivity index (χ0) is 19.8. The van der Waals surface area contributed by atoms with Crippen LogP contribution in [-0.4, -0.2) is 45.2 Å². The van der Waals surface area contributed by atoms with Gasteiger partial charge in [0.25, 0.3) is 0 Å². The van der Waals surface area contributed by atoms with Gasteiger partial charge in [-0.2, -0.15) is 0 Å². The highest BCUT2D eigenvalue weighted by atomic mass is 35.5. The Bertz CT molecular complexity index is 702. The molecule has 1 amide bonds. The molecule has 0 aliphatic carbocycles. The normalized spacial score (nSPS) is 14.6. The van der Waals surface area contributed by atoms with Crippen molar-refractivity contribution in [1.82, 2.24) is 4.90 Å². The lowest BCUT2D eigenvalue weighted by molar-refractivity contribution is -0.126. The molecule has 0 fully saturated rings. The summed E-state index contributed by atoms with van der Waals surface area (Å²) in [4.78, 5) is 14.9. The van der Waals surface area contributed by atoms with Crippen molar-refractivity contribution >= 4 is 23.6 Å². The van der Waals surface area contributed by atoms with Crippen molar-refractivity contribution in [3.63, 3.8) is 0 Å². The summed E-state index contributed by atoms with van der Waals surface area (Å²) in [6, 6.07) is 3.70. The number of methoxy groups -OCH3 is 3. The smallest absolute Gasteiger partial charge is 0.250 e. The van der Waals surface area contributed by atoms with Crippen molar-refractivity contribution in [1.29, 1.82) is 0 Å². The molecule has 6 heteroatoms. The minimum absolute atomic E-state index is 0.0310. The first kappa shape index (κ1) is 21.2. The Morgan fingerprint density at radius 3 is 2.37 bits per heavy atom. The molecule has 0 saturated heterocycles. The summed E-state index contributed by atoms with van der Waals surface area (Å²) in [6.07, 6.45) is 7.34. The van der Waals surface area contributed by atoms with Gasteiger partial charge < -0.3 is 19.1 Å². The molecule has 1 aliphatic heterocycles. The highest BCUT2D eigenvalue weighted by Gasteiger charge is 2.21. The van der Waals surface area contributed by atoms with Crippen molar-refractivity contribution in [2.75, 3.05) is 34.4 Å². The number of unbranched alkanes of at least 4 members (excludes halogenated alkanes) is 1. The maximum Gasteiger partial charge on any atom is 0.250 e. The molecule has 0 N–H and O–H groups in total. The molecule has 0 unspecified atom stereocenters. The Balaban J connectivity index is 2.39. The molecule has 1 heterocycles. The van der Waals surface area contributed by atoms with Crippen molar-refractivity contribution < 1.29 is 19.0 Å². The molecule has 1 aromatic rings. The van der Waals surface area contributed by atoms with E-state index in [0.717, 1.165) is 35.4 Å². The second-order valence-electron chi connectivity index (χ2n) is 6.40. The van der Waals surface area contributed by atoms with Crippen LogP contribution in [0.4, 0.5) is 0 Å². The van der Waals surface area contributed by atoms with E-state index in [1.807, 2.05) is 29.2 Å². The van der Waals surface area contributed by atoms with E-state index in [1.54, 1.807) is 21.3 Å². The zero-order valence-electron chi connectivity index (χ0n) is 16.5. The summed E-state index contributed by atoms with van der Waals surface area (Å²) in [5.74, 6) is 1.69. The average molecular weight is 394 g/mol. The van der Waals surface area contributed by atoms with Crippen LogP contribution in [-0.2, 0) is 4.79 Å². The minimum atomic E-state index is 0.0310. The first-order chi connectivity index (χ1) is 13.0. The van der Waals surface area contributed by atoms with Crippen LogP contribution >= 0.6 is 11.6 Å². The van der Waals surface area contributed by atoms with Gasteiger partial charge in [-0.15, -0.1) is 0 Å². The molecule has 2 rings (SSSR count). The summed E-state index contributed by atoms with van der Waals surface area (Å²) < 4.78 is 16.2. The first-order valence-electron chi connectivity index (χ1n) is 9.18. The molecule has 0 spiro atoms. The molecular formula is C21H28ClNO4. The average Bonchev–Trinajstić information content (AvgIpc) is 2.69. The quantitative estimate of drug-likeness (QED) is 0.603. The number of ether oxygens (including phenoxy) is 3. The number of carbonyl (C=O) groups excluding carboxylic acids is 1. The molecule has 0 atom stereocenters. The first-order valence-corrected chi connectivity index (χ1v) is 9.56. The summed E-state index contributed by atoms with van der Waals surface area (Å²) in [7, 11) is 4.73. The number of nitrogens with zero attached hydrogens (tertiary/aromatic N) is 1. The van der Waals surface area contributed by atoms with E-state index in [4.69, 9.17) is 25.8 Å². The van der Waals surface area contributed by atoms with Crippen LogP contribution < -0.4 is 14.2 Å². The Morgan fingerprint density at radius 2 is 1.85 bits per heavy atom. The van der Waals surface area contributed by atoms with Gasteiger partial charge in [-0.1, -0.05) is 31.0 Å². The molecular weight excluding hydrogens is 366 g/mol. The van der Waals surface area contributed by atoms with Crippen LogP contribution in [0.25, 0.3) is 6.08 Å². The van der Waals surface area contributed by atoms with Crippen LogP contribution in [0.1, 0.15) is 38.2 Å². The lowest BCUT2D eigenvalue weighted by Crippen LogP contribution is -2.36. The number of rotatable bonds is 8. The standard InChI is InChI=1S/C21H28ClNO4/c1-5-6-8-16(21(24)23-10-7-9-17(22)14-23)11-15-12-18(25-2)20(27-4)19(13-15)26-3/h9,11-13H,5-8,10,14H2,1-4H3/b16-11+. The number of benzene rings is 1. The Hall–Kier alpha value is -2.14. The second-order valence-corrected chi connectivity index (χ2v) is 6.88. The Kier molecular flexibility index (Phi) is 8.04. The lowest BCUT2D eigenvalue weighted by atomic mass is 10.0. The van der Waals surface area contributed by atoms with E-state index < -0.39 is 0 Å². The number of hydrogen-bond donors (Lipinski definition) is 0. The second kappa shape index (κ2) is 10.3. The number of carbonyl (C=O) groups is 1. The van der Waals surface area contributed by atoms with Gasteiger partial charge in [0.15, 0.2) is 11.5 Å². The van der Waals surface area contributed by atoms with Gasteiger partial charge in [0, 0.05) is 17.2 Å². The fourth-order valence-corrected chi connectivity index (χ4v) is 3.33. The molecule has 0 radical (unpaired) electrons. The summed E-state index contributed by atoms with van der Waals surface area (Å²) >= 11 is 6.14. The van der Waals surface area contributed by atoms with E-state index in [0.29, 0.717) is 36.8 Å². The third-order valence-corrected chi connectivity index (χ3v) is 4.77. The van der Waals surface area contributed by atoms with Crippen molar-refractivity contribution in [3.8, 4) is 17.2 Å². The fourth-order valence-electron chi connectivity index (χ4n) is 3.07. The third kappa shape index (κ3) is 5.42. The van der Waals surface area contributed by atoms with Gasteiger partial charge in [0.05, 0.1) is 27.9 Å². The number of halogens is 1. The maximum atomic E-state index is 13.1. The highest BCUT2D eigenvalue weighted by Crippen LogP contribution is 2.39. The summed E-state index contributed by atoms with van der Waals surface area (Å²) in [6.45, 7) is 3.27. The predicted octanol–water partition coefficient (Wildman–Crippen LogP) is 4.64. The van der Waals surface area contributed by atoms with E-state index in [9.17, 15) is 4.79 Å². The minimum Gasteiger partial charge on any atom is -0.493 e. The molecule has 0 bridgehead atoms. The van der Waals surface area contributed by atoms with Gasteiger partial charge in [-0.25, -0.2) is 0 Å². The lowest BCUT2D eigenvalue weighted by Gasteiger charge is -2.26. The van der Waals surface area contributed by atoms with Gasteiger partial charge in [-0.3, -0.25) is 4.79 Å². The van der Waals surface area contributed by atoms with Gasteiger partial charge in [0.1, 0.15) is 0 Å². The molecule has 0 saturated carbocycles. The van der Waals surface area contributed by atoms with Crippen LogP contribution in [0.5, 0.6) is 17.2 Å². The van der Waals surface area contributed by atoms with Crippen LogP contribution in [0.2, 0.25) is 0 Å². The monoisotopic (exact) mass is 393 g/mol. The number of amides is 1. The third-order valence-electron chi connectivity index (χ3n) is 4.50. The van der Waals surface area contributed by atoms with Crippen molar-refractivity contribution in [2.24, 2.45) is 0 Å². The van der Waals surface area contributed by atoms with Gasteiger partial charge in [0.2, 0.25) is 11.7 Å². The molecule has 1 aromatic carbocycles. The van der Waals surface area contributed by atoms with E-state index in [2.05, 4.69) is 6.92 Å². The van der Waals surface area contributed by atoms with Crippen molar-refractivity contribution in [3.05, 3.63) is 34.4 Å². The zero-order valence-corrected chi connectivity index (χ0v) is 17.3. The van der Waals surface area contributed by atoms with Gasteiger partial charge >= 0.3 is 0 Å². The van der Waals surface area contributed by atoms with E-state index >= 15 is 0 Å². The van der Waals surface area contributed by atoms with Crippen molar-refractivity contribution in [2.45, 2.75) is 32.6 Å². The molecule has 148 valence electrons.